The second-order valence-corrected chi connectivity index (χ2v) is 7.19. The fourth-order valence-corrected chi connectivity index (χ4v) is 3.45. The molecule has 28 heavy (non-hydrogen) atoms. The third-order valence-electron chi connectivity index (χ3n) is 5.05. The van der Waals surface area contributed by atoms with Crippen LogP contribution < -0.4 is 0 Å². The van der Waals surface area contributed by atoms with Crippen molar-refractivity contribution in [3.05, 3.63) is 71.8 Å². The molecule has 0 bridgehead atoms. The summed E-state index contributed by atoms with van der Waals surface area (Å²) >= 11 is 0. The van der Waals surface area contributed by atoms with E-state index >= 15 is 0 Å². The highest BCUT2D eigenvalue weighted by Crippen LogP contribution is 2.16. The van der Waals surface area contributed by atoms with E-state index in [4.69, 9.17) is 4.74 Å². The molecule has 1 heterocycles. The van der Waals surface area contributed by atoms with Gasteiger partial charge in [-0.2, -0.15) is 0 Å². The van der Waals surface area contributed by atoms with Gasteiger partial charge in [0.25, 0.3) is 0 Å². The number of amides is 2. The van der Waals surface area contributed by atoms with Gasteiger partial charge in [0.05, 0.1) is 6.61 Å². The number of carbonyl (C=O) groups excluding carboxylic acids is 2. The second kappa shape index (κ2) is 10.0. The van der Waals surface area contributed by atoms with E-state index in [0.717, 1.165) is 24.0 Å². The van der Waals surface area contributed by atoms with Gasteiger partial charge in [-0.3, -0.25) is 9.59 Å². The highest BCUT2D eigenvalue weighted by atomic mass is 16.5. The van der Waals surface area contributed by atoms with Gasteiger partial charge in [-0.15, -0.1) is 0 Å². The van der Waals surface area contributed by atoms with E-state index in [2.05, 4.69) is 0 Å². The lowest BCUT2D eigenvalue weighted by Gasteiger charge is -2.38. The summed E-state index contributed by atoms with van der Waals surface area (Å²) in [6.07, 6.45) is 1.70. The minimum absolute atomic E-state index is 0.0174. The Bertz CT molecular complexity index is 764. The van der Waals surface area contributed by atoms with Crippen LogP contribution in [0.25, 0.3) is 0 Å². The lowest BCUT2D eigenvalue weighted by Crippen LogP contribution is -2.58. The molecular weight excluding hydrogens is 352 g/mol. The van der Waals surface area contributed by atoms with Gasteiger partial charge >= 0.3 is 0 Å². The normalized spacial score (nSPS) is 17.2. The number of nitrogens with zero attached hydrogens (tertiary/aromatic N) is 2. The van der Waals surface area contributed by atoms with Crippen LogP contribution in [0.4, 0.5) is 0 Å². The zero-order chi connectivity index (χ0) is 19.8. The van der Waals surface area contributed by atoms with E-state index in [1.165, 1.54) is 0 Å². The molecule has 1 aliphatic rings. The number of benzene rings is 2. The van der Waals surface area contributed by atoms with Gasteiger partial charge in [0.2, 0.25) is 11.8 Å². The minimum atomic E-state index is -0.407. The molecule has 1 saturated heterocycles. The summed E-state index contributed by atoms with van der Waals surface area (Å²) in [6.45, 7) is 4.31. The Kier molecular flexibility index (Phi) is 7.20. The zero-order valence-corrected chi connectivity index (χ0v) is 16.4. The van der Waals surface area contributed by atoms with Crippen LogP contribution in [0, 0.1) is 0 Å². The first-order valence-electron chi connectivity index (χ1n) is 9.89. The fraction of sp³-hybridized carbons (Fsp3) is 0.391. The lowest BCUT2D eigenvalue weighted by molar-refractivity contribution is -0.155. The Labute approximate surface area is 166 Å². The number of carbonyl (C=O) groups is 2. The van der Waals surface area contributed by atoms with Crippen molar-refractivity contribution in [3.63, 3.8) is 0 Å². The fourth-order valence-electron chi connectivity index (χ4n) is 3.45. The lowest BCUT2D eigenvalue weighted by atomic mass is 10.1. The summed E-state index contributed by atoms with van der Waals surface area (Å²) in [5.41, 5.74) is 2.20. The highest BCUT2D eigenvalue weighted by Gasteiger charge is 2.35. The van der Waals surface area contributed by atoms with E-state index in [1.54, 1.807) is 9.80 Å². The molecule has 2 aromatic rings. The Morgan fingerprint density at radius 3 is 2.25 bits per heavy atom. The average Bonchev–Trinajstić information content (AvgIpc) is 2.72. The van der Waals surface area contributed by atoms with Crippen molar-refractivity contribution in [1.82, 2.24) is 9.80 Å². The van der Waals surface area contributed by atoms with Crippen LogP contribution in [-0.4, -0.2) is 47.4 Å². The maximum absolute atomic E-state index is 12.7. The Balaban J connectivity index is 1.40. The van der Waals surface area contributed by atoms with Crippen molar-refractivity contribution in [2.24, 2.45) is 0 Å². The molecule has 0 unspecified atom stereocenters. The Morgan fingerprint density at radius 2 is 1.57 bits per heavy atom. The molecule has 0 radical (unpaired) electrons. The summed E-state index contributed by atoms with van der Waals surface area (Å²) in [4.78, 5) is 28.6. The first-order valence-corrected chi connectivity index (χ1v) is 9.89. The largest absolute Gasteiger partial charge is 0.377 e. The molecule has 1 atom stereocenters. The van der Waals surface area contributed by atoms with Gasteiger partial charge in [0, 0.05) is 19.7 Å². The summed E-state index contributed by atoms with van der Waals surface area (Å²) in [6, 6.07) is 19.5. The van der Waals surface area contributed by atoms with Gasteiger partial charge in [-0.1, -0.05) is 60.7 Å². The van der Waals surface area contributed by atoms with Crippen molar-refractivity contribution < 1.29 is 14.3 Å². The monoisotopic (exact) mass is 380 g/mol. The van der Waals surface area contributed by atoms with Crippen molar-refractivity contribution in [3.8, 4) is 0 Å². The molecule has 5 heteroatoms. The topological polar surface area (TPSA) is 49.9 Å². The molecule has 1 aliphatic heterocycles. The first kappa shape index (κ1) is 20.1. The van der Waals surface area contributed by atoms with Crippen molar-refractivity contribution in [2.75, 3.05) is 19.7 Å². The Morgan fingerprint density at radius 1 is 0.929 bits per heavy atom. The number of rotatable bonds is 9. The molecule has 0 spiro atoms. The van der Waals surface area contributed by atoms with E-state index in [0.29, 0.717) is 26.3 Å². The van der Waals surface area contributed by atoms with Crippen LogP contribution in [0.3, 0.4) is 0 Å². The number of hydrogen-bond donors (Lipinski definition) is 0. The number of unbranched alkanes of at least 4 members (excludes halogenated alkanes) is 1. The summed E-state index contributed by atoms with van der Waals surface area (Å²) in [5, 5.41) is 0. The van der Waals surface area contributed by atoms with Crippen molar-refractivity contribution in [1.29, 1.82) is 0 Å². The van der Waals surface area contributed by atoms with Gasteiger partial charge in [-0.05, 0) is 30.9 Å². The van der Waals surface area contributed by atoms with Crippen LogP contribution >= 0.6 is 0 Å². The smallest absolute Gasteiger partial charge is 0.245 e. The van der Waals surface area contributed by atoms with Crippen LogP contribution in [0.2, 0.25) is 0 Å². The number of hydrogen-bond acceptors (Lipinski definition) is 3. The average molecular weight is 380 g/mol. The third-order valence-corrected chi connectivity index (χ3v) is 5.05. The summed E-state index contributed by atoms with van der Waals surface area (Å²) < 4.78 is 5.69. The minimum Gasteiger partial charge on any atom is -0.377 e. The molecule has 0 N–H and O–H groups in total. The summed E-state index contributed by atoms with van der Waals surface area (Å²) in [7, 11) is 0. The Hall–Kier alpha value is -2.66. The van der Waals surface area contributed by atoms with E-state index in [9.17, 15) is 9.59 Å². The van der Waals surface area contributed by atoms with E-state index < -0.39 is 6.04 Å². The highest BCUT2D eigenvalue weighted by molar-refractivity contribution is 5.94. The maximum Gasteiger partial charge on any atom is 0.245 e. The molecule has 2 aromatic carbocycles. The van der Waals surface area contributed by atoms with Crippen molar-refractivity contribution in [2.45, 2.75) is 39.0 Å². The van der Waals surface area contributed by atoms with E-state index in [-0.39, 0.29) is 18.4 Å². The zero-order valence-electron chi connectivity index (χ0n) is 16.4. The summed E-state index contributed by atoms with van der Waals surface area (Å²) in [5.74, 6) is 0.0389. The molecule has 0 saturated carbocycles. The van der Waals surface area contributed by atoms with Crippen LogP contribution in [-0.2, 0) is 27.5 Å². The molecule has 0 aliphatic carbocycles. The molecule has 0 aromatic heterocycles. The predicted molar refractivity (Wildman–Crippen MR) is 108 cm³/mol. The predicted octanol–water partition coefficient (Wildman–Crippen LogP) is 3.24. The van der Waals surface area contributed by atoms with Crippen molar-refractivity contribution >= 4 is 11.8 Å². The van der Waals surface area contributed by atoms with E-state index in [1.807, 2.05) is 67.6 Å². The van der Waals surface area contributed by atoms with Crippen LogP contribution in [0.15, 0.2) is 60.7 Å². The van der Waals surface area contributed by atoms with Gasteiger partial charge in [0.15, 0.2) is 0 Å². The standard InChI is InChI=1S/C23H28N2O3/c1-19-23(27)24(16-20-10-4-2-5-11-20)17-22(26)25(19)14-8-9-15-28-18-21-12-6-3-7-13-21/h2-7,10-13,19H,8-9,14-18H2,1H3/t19-/m0/s1. The third kappa shape index (κ3) is 5.42. The molecule has 5 nitrogen and oxygen atoms in total. The molecule has 3 rings (SSSR count). The SMILES string of the molecule is C[C@H]1C(=O)N(Cc2ccccc2)CC(=O)N1CCCCOCc1ccccc1. The molecular formula is C23H28N2O3. The molecule has 148 valence electrons. The molecule has 2 amide bonds. The van der Waals surface area contributed by atoms with Gasteiger partial charge in [-0.25, -0.2) is 0 Å². The van der Waals surface area contributed by atoms with Crippen LogP contribution in [0.1, 0.15) is 30.9 Å². The maximum atomic E-state index is 12.7. The quantitative estimate of drug-likeness (QED) is 0.628. The van der Waals surface area contributed by atoms with Crippen LogP contribution in [0.5, 0.6) is 0 Å². The second-order valence-electron chi connectivity index (χ2n) is 7.19. The first-order chi connectivity index (χ1) is 13.6. The molecule has 1 fully saturated rings. The number of piperazine rings is 1. The van der Waals surface area contributed by atoms with Gasteiger partial charge in [0.1, 0.15) is 12.6 Å². The number of ether oxygens (including phenoxy) is 1. The van der Waals surface area contributed by atoms with Gasteiger partial charge < -0.3 is 14.5 Å².